The van der Waals surface area contributed by atoms with Gasteiger partial charge >= 0.3 is 12.1 Å². The number of carbonyl (C=O) groups excluding carboxylic acids is 1. The van der Waals surface area contributed by atoms with Crippen LogP contribution in [0.15, 0.2) is 71.9 Å². The Kier molecular flexibility index (Phi) is 9.08. The maximum absolute atomic E-state index is 14.1. The first kappa shape index (κ1) is 29.7. The van der Waals surface area contributed by atoms with E-state index in [1.807, 2.05) is 4.72 Å². The predicted octanol–water partition coefficient (Wildman–Crippen LogP) is 3.09. The van der Waals surface area contributed by atoms with E-state index in [1.54, 1.807) is 29.4 Å². The van der Waals surface area contributed by atoms with Crippen molar-refractivity contribution in [1.82, 2.24) is 20.0 Å². The summed E-state index contributed by atoms with van der Waals surface area (Å²) in [5, 5.41) is 14.7. The van der Waals surface area contributed by atoms with Crippen LogP contribution in [0.2, 0.25) is 0 Å². The van der Waals surface area contributed by atoms with Gasteiger partial charge in [0.1, 0.15) is 12.2 Å². The van der Waals surface area contributed by atoms with Crippen molar-refractivity contribution in [3.63, 3.8) is 0 Å². The van der Waals surface area contributed by atoms with Crippen LogP contribution < -0.4 is 20.3 Å². The molecule has 1 unspecified atom stereocenters. The third-order valence-corrected chi connectivity index (χ3v) is 7.85. The highest BCUT2D eigenvalue weighted by Crippen LogP contribution is 2.36. The second-order valence-corrected chi connectivity index (χ2v) is 10.9. The molecule has 218 valence electrons. The van der Waals surface area contributed by atoms with Crippen LogP contribution in [0.4, 0.5) is 24.8 Å². The molecule has 2 heterocycles. The number of benzene rings is 2. The lowest BCUT2D eigenvalue weighted by Crippen LogP contribution is -2.48. The Bertz CT molecular complexity index is 1480. The summed E-state index contributed by atoms with van der Waals surface area (Å²) in [4.78, 5) is 34.3. The first-order valence-corrected chi connectivity index (χ1v) is 14.0. The van der Waals surface area contributed by atoms with Crippen molar-refractivity contribution in [1.29, 1.82) is 0 Å². The molecule has 1 aliphatic heterocycles. The molecule has 4 rings (SSSR count). The number of hydrogen-bond donors (Lipinski definition) is 4. The minimum atomic E-state index is -4.91. The molecule has 0 aliphatic carbocycles. The van der Waals surface area contributed by atoms with E-state index in [1.165, 1.54) is 30.3 Å². The molecule has 1 saturated heterocycles. The lowest BCUT2D eigenvalue weighted by molar-refractivity contribution is -0.139. The van der Waals surface area contributed by atoms with Crippen LogP contribution in [0.1, 0.15) is 35.2 Å². The van der Waals surface area contributed by atoms with Crippen LogP contribution in [-0.2, 0) is 21.0 Å². The third-order valence-electron chi connectivity index (χ3n) is 6.36. The minimum Gasteiger partial charge on any atom is -0.480 e. The topological polar surface area (TPSA) is 154 Å². The van der Waals surface area contributed by atoms with E-state index in [0.717, 1.165) is 25.0 Å². The average Bonchev–Trinajstić information content (AvgIpc) is 2.95. The summed E-state index contributed by atoms with van der Waals surface area (Å²) in [6.45, 7) is -0.344. The minimum absolute atomic E-state index is 0.211. The highest BCUT2D eigenvalue weighted by atomic mass is 32.2. The standard InChI is InChI=1S/C26H27F3N6O5S/c27-26(28,29)20-15-17(35-14-5-4-9-22(35)33-25-30-12-6-13-31-25)10-11-19(20)23(36)32-16-21(24(37)38)34-41(39,40)18-7-2-1-3-8-18/h1-3,6-8,10-13,15,21-22,34H,4-5,9,14,16H2,(H,32,36)(H,37,38)(H,30,31,33)/t21-,22?/m0/s1. The molecule has 1 aliphatic rings. The van der Waals surface area contributed by atoms with Gasteiger partial charge in [0.05, 0.1) is 16.0 Å². The Morgan fingerprint density at radius 1 is 1.05 bits per heavy atom. The van der Waals surface area contributed by atoms with E-state index in [2.05, 4.69) is 20.6 Å². The van der Waals surface area contributed by atoms with Crippen molar-refractivity contribution in [3.8, 4) is 0 Å². The molecule has 2 atom stereocenters. The lowest BCUT2D eigenvalue weighted by Gasteiger charge is -2.38. The zero-order valence-electron chi connectivity index (χ0n) is 21.5. The number of halogens is 3. The number of aromatic nitrogens is 2. The van der Waals surface area contributed by atoms with Gasteiger partial charge in [-0.25, -0.2) is 18.4 Å². The van der Waals surface area contributed by atoms with Gasteiger partial charge in [0.15, 0.2) is 0 Å². The summed E-state index contributed by atoms with van der Waals surface area (Å²) in [7, 11) is -4.28. The Morgan fingerprint density at radius 2 is 1.76 bits per heavy atom. The van der Waals surface area contributed by atoms with Gasteiger partial charge in [0.25, 0.3) is 5.91 Å². The number of alkyl halides is 3. The quantitative estimate of drug-likeness (QED) is 0.278. The van der Waals surface area contributed by atoms with E-state index >= 15 is 0 Å². The lowest BCUT2D eigenvalue weighted by atomic mass is 10.0. The molecule has 1 aromatic heterocycles. The van der Waals surface area contributed by atoms with Crippen molar-refractivity contribution in [3.05, 3.63) is 78.1 Å². The van der Waals surface area contributed by atoms with Crippen molar-refractivity contribution in [2.24, 2.45) is 0 Å². The third kappa shape index (κ3) is 7.49. The zero-order valence-corrected chi connectivity index (χ0v) is 22.3. The summed E-state index contributed by atoms with van der Waals surface area (Å²) in [5.74, 6) is -2.51. The Hall–Kier alpha value is -4.24. The number of carboxylic acids is 1. The van der Waals surface area contributed by atoms with Crippen molar-refractivity contribution in [2.45, 2.75) is 42.5 Å². The van der Waals surface area contributed by atoms with E-state index < -0.39 is 51.8 Å². The van der Waals surface area contributed by atoms with Crippen molar-refractivity contribution < 1.29 is 36.3 Å². The number of carbonyl (C=O) groups is 2. The van der Waals surface area contributed by atoms with Gasteiger partial charge in [0.2, 0.25) is 16.0 Å². The molecule has 1 fully saturated rings. The van der Waals surface area contributed by atoms with Gasteiger partial charge in [-0.1, -0.05) is 18.2 Å². The van der Waals surface area contributed by atoms with Gasteiger partial charge < -0.3 is 20.6 Å². The first-order valence-electron chi connectivity index (χ1n) is 12.6. The number of carboxylic acid groups (broad SMARTS) is 1. The van der Waals surface area contributed by atoms with Gasteiger partial charge in [-0.3, -0.25) is 9.59 Å². The van der Waals surface area contributed by atoms with E-state index in [-0.39, 0.29) is 16.7 Å². The van der Waals surface area contributed by atoms with Crippen LogP contribution in [0.3, 0.4) is 0 Å². The van der Waals surface area contributed by atoms with Gasteiger partial charge in [-0.2, -0.15) is 17.9 Å². The number of sulfonamides is 1. The first-order chi connectivity index (χ1) is 19.5. The number of nitrogens with zero attached hydrogens (tertiary/aromatic N) is 3. The summed E-state index contributed by atoms with van der Waals surface area (Å²) >= 11 is 0. The fraction of sp³-hybridized carbons (Fsp3) is 0.308. The zero-order chi connectivity index (χ0) is 29.6. The Labute approximate surface area is 233 Å². The monoisotopic (exact) mass is 592 g/mol. The molecule has 1 amide bonds. The summed E-state index contributed by atoms with van der Waals surface area (Å²) in [5.41, 5.74) is -1.73. The number of hydrogen-bond acceptors (Lipinski definition) is 8. The van der Waals surface area contributed by atoms with E-state index in [9.17, 15) is 36.3 Å². The predicted molar refractivity (Wildman–Crippen MR) is 143 cm³/mol. The van der Waals surface area contributed by atoms with Gasteiger partial charge in [-0.05, 0) is 55.7 Å². The summed E-state index contributed by atoms with van der Waals surface area (Å²) in [6.07, 6.45) is -0.0131. The second-order valence-electron chi connectivity index (χ2n) is 9.18. The summed E-state index contributed by atoms with van der Waals surface area (Å²) in [6, 6.07) is 9.99. The molecule has 0 saturated carbocycles. The second kappa shape index (κ2) is 12.5. The molecule has 11 nitrogen and oxygen atoms in total. The van der Waals surface area contributed by atoms with Crippen LogP contribution in [0.25, 0.3) is 0 Å². The normalized spacial score (nSPS) is 16.6. The number of nitrogens with one attached hydrogen (secondary N) is 3. The number of amides is 1. The Balaban J connectivity index is 1.53. The molecular weight excluding hydrogens is 565 g/mol. The van der Waals surface area contributed by atoms with Crippen LogP contribution in [0, 0.1) is 0 Å². The van der Waals surface area contributed by atoms with Crippen molar-refractivity contribution in [2.75, 3.05) is 23.3 Å². The van der Waals surface area contributed by atoms with Crippen LogP contribution in [-0.4, -0.2) is 60.7 Å². The molecule has 4 N–H and O–H groups in total. The molecule has 0 spiro atoms. The van der Waals surface area contributed by atoms with Crippen LogP contribution >= 0.6 is 0 Å². The number of rotatable bonds is 10. The molecular formula is C26H27F3N6O5S. The molecule has 3 aromatic rings. The number of anilines is 2. The highest BCUT2D eigenvalue weighted by molar-refractivity contribution is 7.89. The summed E-state index contributed by atoms with van der Waals surface area (Å²) < 4.78 is 69.3. The smallest absolute Gasteiger partial charge is 0.417 e. The SMILES string of the molecule is O=C(NC[C@H](NS(=O)(=O)c1ccccc1)C(=O)O)c1ccc(N2CCCCC2Nc2ncccn2)cc1C(F)(F)F. The highest BCUT2D eigenvalue weighted by Gasteiger charge is 2.37. The molecule has 0 radical (unpaired) electrons. The van der Waals surface area contributed by atoms with Gasteiger partial charge in [0, 0.05) is 31.2 Å². The number of aliphatic carboxylic acids is 1. The largest absolute Gasteiger partial charge is 0.480 e. The fourth-order valence-electron chi connectivity index (χ4n) is 4.38. The van der Waals surface area contributed by atoms with Crippen LogP contribution in [0.5, 0.6) is 0 Å². The molecule has 2 aromatic carbocycles. The maximum Gasteiger partial charge on any atom is 0.417 e. The van der Waals surface area contributed by atoms with Crippen molar-refractivity contribution >= 4 is 33.5 Å². The fourth-order valence-corrected chi connectivity index (χ4v) is 5.59. The average molecular weight is 593 g/mol. The maximum atomic E-state index is 14.1. The van der Waals surface area contributed by atoms with E-state index in [4.69, 9.17) is 0 Å². The molecule has 15 heteroatoms. The molecule has 0 bridgehead atoms. The number of piperidine rings is 1. The van der Waals surface area contributed by atoms with Gasteiger partial charge in [-0.15, -0.1) is 0 Å². The molecule has 41 heavy (non-hydrogen) atoms. The van der Waals surface area contributed by atoms with E-state index in [0.29, 0.717) is 18.9 Å². The Morgan fingerprint density at radius 3 is 2.41 bits per heavy atom.